The minimum Gasteiger partial charge on any atom is -0.494 e. The standard InChI is InChI=1S/C18H16ClN3OS/c1-2-23-16-9-3-13(4-10-16)11-20-22-18-21-17(12-24-18)14-5-7-15(19)8-6-14/h3-12H,2H2,1H3,(H,21,22)/b20-11-. The number of ether oxygens (including phenoxy) is 1. The van der Waals surface area contributed by atoms with Gasteiger partial charge >= 0.3 is 0 Å². The second-order valence-electron chi connectivity index (χ2n) is 4.92. The van der Waals surface area contributed by atoms with E-state index in [2.05, 4.69) is 15.5 Å². The van der Waals surface area contributed by atoms with Gasteiger partial charge in [0.25, 0.3) is 0 Å². The molecule has 2 aromatic carbocycles. The summed E-state index contributed by atoms with van der Waals surface area (Å²) in [5, 5.41) is 7.66. The van der Waals surface area contributed by atoms with E-state index in [4.69, 9.17) is 16.3 Å². The average Bonchev–Trinajstić information content (AvgIpc) is 3.06. The van der Waals surface area contributed by atoms with Gasteiger partial charge in [0.1, 0.15) is 5.75 Å². The number of halogens is 1. The highest BCUT2D eigenvalue weighted by molar-refractivity contribution is 7.14. The Balaban J connectivity index is 1.61. The van der Waals surface area contributed by atoms with Crippen LogP contribution >= 0.6 is 22.9 Å². The van der Waals surface area contributed by atoms with Crippen molar-refractivity contribution in [2.24, 2.45) is 5.10 Å². The molecule has 0 saturated heterocycles. The Labute approximate surface area is 149 Å². The number of benzene rings is 2. The minimum atomic E-state index is 0.662. The van der Waals surface area contributed by atoms with E-state index >= 15 is 0 Å². The predicted octanol–water partition coefficient (Wildman–Crippen LogP) is 5.31. The van der Waals surface area contributed by atoms with Gasteiger partial charge in [0.15, 0.2) is 0 Å². The SMILES string of the molecule is CCOc1ccc(/C=N\Nc2nc(-c3ccc(Cl)cc3)cs2)cc1. The van der Waals surface area contributed by atoms with Gasteiger partial charge in [-0.1, -0.05) is 23.7 Å². The summed E-state index contributed by atoms with van der Waals surface area (Å²) in [6.07, 6.45) is 1.75. The van der Waals surface area contributed by atoms with Crippen LogP contribution in [0.15, 0.2) is 59.0 Å². The Hall–Kier alpha value is -2.37. The van der Waals surface area contributed by atoms with E-state index in [0.29, 0.717) is 11.6 Å². The highest BCUT2D eigenvalue weighted by Gasteiger charge is 2.03. The van der Waals surface area contributed by atoms with Crippen LogP contribution in [-0.4, -0.2) is 17.8 Å². The normalized spacial score (nSPS) is 10.9. The van der Waals surface area contributed by atoms with Crippen LogP contribution < -0.4 is 10.2 Å². The summed E-state index contributed by atoms with van der Waals surface area (Å²) >= 11 is 7.41. The van der Waals surface area contributed by atoms with Gasteiger partial charge in [-0.05, 0) is 48.9 Å². The topological polar surface area (TPSA) is 46.5 Å². The average molecular weight is 358 g/mol. The molecule has 1 N–H and O–H groups in total. The molecular weight excluding hydrogens is 342 g/mol. The number of hydrogen-bond acceptors (Lipinski definition) is 5. The fourth-order valence-electron chi connectivity index (χ4n) is 2.06. The van der Waals surface area contributed by atoms with E-state index in [1.54, 1.807) is 6.21 Å². The number of rotatable bonds is 6. The highest BCUT2D eigenvalue weighted by atomic mass is 35.5. The van der Waals surface area contributed by atoms with Crippen molar-refractivity contribution in [2.45, 2.75) is 6.92 Å². The smallest absolute Gasteiger partial charge is 0.203 e. The van der Waals surface area contributed by atoms with Gasteiger partial charge in [0.05, 0.1) is 18.5 Å². The molecule has 0 unspecified atom stereocenters. The lowest BCUT2D eigenvalue weighted by atomic mass is 10.2. The fraction of sp³-hybridized carbons (Fsp3) is 0.111. The van der Waals surface area contributed by atoms with Crippen molar-refractivity contribution in [3.05, 3.63) is 64.5 Å². The van der Waals surface area contributed by atoms with Crippen molar-refractivity contribution in [1.29, 1.82) is 0 Å². The van der Waals surface area contributed by atoms with Crippen LogP contribution in [0.4, 0.5) is 5.13 Å². The van der Waals surface area contributed by atoms with E-state index in [0.717, 1.165) is 27.7 Å². The van der Waals surface area contributed by atoms with Gasteiger partial charge in [-0.25, -0.2) is 4.98 Å². The summed E-state index contributed by atoms with van der Waals surface area (Å²) < 4.78 is 5.41. The summed E-state index contributed by atoms with van der Waals surface area (Å²) in [6.45, 7) is 2.63. The van der Waals surface area contributed by atoms with Gasteiger partial charge in [0, 0.05) is 16.0 Å². The molecule has 0 radical (unpaired) electrons. The second kappa shape index (κ2) is 7.95. The van der Waals surface area contributed by atoms with Crippen LogP contribution in [0.5, 0.6) is 5.75 Å². The second-order valence-corrected chi connectivity index (χ2v) is 6.21. The van der Waals surface area contributed by atoms with E-state index in [-0.39, 0.29) is 0 Å². The molecule has 1 heterocycles. The quantitative estimate of drug-likeness (QED) is 0.480. The van der Waals surface area contributed by atoms with Crippen LogP contribution in [-0.2, 0) is 0 Å². The lowest BCUT2D eigenvalue weighted by molar-refractivity contribution is 0.340. The molecule has 0 amide bonds. The number of aromatic nitrogens is 1. The van der Waals surface area contributed by atoms with Crippen molar-refractivity contribution in [3.63, 3.8) is 0 Å². The van der Waals surface area contributed by atoms with E-state index in [9.17, 15) is 0 Å². The molecule has 0 fully saturated rings. The summed E-state index contributed by atoms with van der Waals surface area (Å²) in [7, 11) is 0. The van der Waals surface area contributed by atoms with Crippen LogP contribution in [0.1, 0.15) is 12.5 Å². The third-order valence-corrected chi connectivity index (χ3v) is 4.21. The molecule has 0 spiro atoms. The lowest BCUT2D eigenvalue weighted by Gasteiger charge is -2.02. The highest BCUT2D eigenvalue weighted by Crippen LogP contribution is 2.25. The molecule has 1 aromatic heterocycles. The minimum absolute atomic E-state index is 0.662. The van der Waals surface area contributed by atoms with Crippen molar-refractivity contribution < 1.29 is 4.74 Å². The number of hydrogen-bond donors (Lipinski definition) is 1. The number of anilines is 1. The zero-order chi connectivity index (χ0) is 16.8. The zero-order valence-corrected chi connectivity index (χ0v) is 14.6. The molecule has 24 heavy (non-hydrogen) atoms. The van der Waals surface area contributed by atoms with Gasteiger partial charge in [-0.2, -0.15) is 5.10 Å². The molecule has 4 nitrogen and oxygen atoms in total. The number of nitrogens with one attached hydrogen (secondary N) is 1. The number of nitrogens with zero attached hydrogens (tertiary/aromatic N) is 2. The lowest BCUT2D eigenvalue weighted by Crippen LogP contribution is -1.92. The molecule has 6 heteroatoms. The summed E-state index contributed by atoms with van der Waals surface area (Å²) in [4.78, 5) is 4.51. The molecule has 0 aliphatic heterocycles. The zero-order valence-electron chi connectivity index (χ0n) is 13.1. The van der Waals surface area contributed by atoms with Crippen LogP contribution in [0.25, 0.3) is 11.3 Å². The van der Waals surface area contributed by atoms with Crippen molar-refractivity contribution in [1.82, 2.24) is 4.98 Å². The number of thiazole rings is 1. The molecule has 122 valence electrons. The van der Waals surface area contributed by atoms with Crippen molar-refractivity contribution >= 4 is 34.3 Å². The molecule has 0 atom stereocenters. The van der Waals surface area contributed by atoms with Gasteiger partial charge in [-0.15, -0.1) is 11.3 Å². The van der Waals surface area contributed by atoms with Crippen LogP contribution in [0.2, 0.25) is 5.02 Å². The first-order chi connectivity index (χ1) is 11.7. The molecule has 3 rings (SSSR count). The summed E-state index contributed by atoms with van der Waals surface area (Å²) in [6, 6.07) is 15.4. The molecular formula is C18H16ClN3OS. The number of hydrazone groups is 1. The van der Waals surface area contributed by atoms with Crippen molar-refractivity contribution in [2.75, 3.05) is 12.0 Å². The first-order valence-electron chi connectivity index (χ1n) is 7.48. The fourth-order valence-corrected chi connectivity index (χ4v) is 2.85. The molecule has 3 aromatic rings. The van der Waals surface area contributed by atoms with E-state index in [1.165, 1.54) is 11.3 Å². The Bertz CT molecular complexity index is 813. The van der Waals surface area contributed by atoms with Crippen molar-refractivity contribution in [3.8, 4) is 17.0 Å². The van der Waals surface area contributed by atoms with E-state index < -0.39 is 0 Å². The third-order valence-electron chi connectivity index (χ3n) is 3.21. The van der Waals surface area contributed by atoms with Gasteiger partial charge < -0.3 is 4.74 Å². The maximum absolute atomic E-state index is 5.90. The Kier molecular flexibility index (Phi) is 5.46. The molecule has 0 saturated carbocycles. The van der Waals surface area contributed by atoms with Gasteiger partial charge in [-0.3, -0.25) is 5.43 Å². The van der Waals surface area contributed by atoms with Crippen LogP contribution in [0, 0.1) is 0 Å². The monoisotopic (exact) mass is 357 g/mol. The third kappa shape index (κ3) is 4.34. The van der Waals surface area contributed by atoms with E-state index in [1.807, 2.05) is 60.8 Å². The Morgan fingerprint density at radius 1 is 1.17 bits per heavy atom. The molecule has 0 bridgehead atoms. The molecule has 0 aliphatic carbocycles. The first-order valence-corrected chi connectivity index (χ1v) is 8.74. The van der Waals surface area contributed by atoms with Crippen LogP contribution in [0.3, 0.4) is 0 Å². The van der Waals surface area contributed by atoms with Gasteiger partial charge in [0.2, 0.25) is 5.13 Å². The summed E-state index contributed by atoms with van der Waals surface area (Å²) in [5.41, 5.74) is 5.87. The maximum atomic E-state index is 5.90. The Morgan fingerprint density at radius 2 is 1.92 bits per heavy atom. The molecule has 0 aliphatic rings. The Morgan fingerprint density at radius 3 is 2.62 bits per heavy atom. The summed E-state index contributed by atoms with van der Waals surface area (Å²) in [5.74, 6) is 0.857. The predicted molar refractivity (Wildman–Crippen MR) is 101 cm³/mol. The first kappa shape index (κ1) is 16.5. The largest absolute Gasteiger partial charge is 0.494 e. The maximum Gasteiger partial charge on any atom is 0.203 e.